The quantitative estimate of drug-likeness (QED) is 0.276. The fourth-order valence-electron chi connectivity index (χ4n) is 2.97. The number of ether oxygens (including phenoxy) is 1. The molecule has 1 aromatic carbocycles. The molecule has 0 aliphatic carbocycles. The number of benzene rings is 1. The average Bonchev–Trinajstić information content (AvgIpc) is 2.65. The van der Waals surface area contributed by atoms with E-state index in [4.69, 9.17) is 4.74 Å². The number of nitrogens with one attached hydrogen (secondary N) is 2. The van der Waals surface area contributed by atoms with Gasteiger partial charge in [0.25, 0.3) is 0 Å². The lowest BCUT2D eigenvalue weighted by Gasteiger charge is -2.34. The van der Waals surface area contributed by atoms with Crippen LogP contribution in [0.1, 0.15) is 26.2 Å². The maximum Gasteiger partial charge on any atom is 0.220 e. The number of likely N-dealkylation sites (tertiary alicyclic amines) is 1. The Kier molecular flexibility index (Phi) is 11.1. The van der Waals surface area contributed by atoms with Gasteiger partial charge in [0.1, 0.15) is 12.4 Å². The van der Waals surface area contributed by atoms with Gasteiger partial charge in [-0.1, -0.05) is 18.2 Å². The van der Waals surface area contributed by atoms with Crippen molar-refractivity contribution >= 4 is 35.8 Å². The van der Waals surface area contributed by atoms with Crippen LogP contribution in [0.3, 0.4) is 0 Å². The predicted octanol–water partition coefficient (Wildman–Crippen LogP) is 2.50. The van der Waals surface area contributed by atoms with Crippen molar-refractivity contribution in [2.24, 2.45) is 10.9 Å². The maximum absolute atomic E-state index is 11.5. The summed E-state index contributed by atoms with van der Waals surface area (Å²) in [7, 11) is 1.70. The molecule has 1 aromatic rings. The third kappa shape index (κ3) is 7.80. The Morgan fingerprint density at radius 1 is 1.27 bits per heavy atom. The molecule has 1 amide bonds. The molecule has 146 valence electrons. The number of nitrogens with zero attached hydrogens (tertiary/aromatic N) is 2. The Labute approximate surface area is 173 Å². The van der Waals surface area contributed by atoms with E-state index in [0.29, 0.717) is 25.5 Å². The number of aliphatic imine (C=N–C) groups is 1. The molecule has 0 unspecified atom stereocenters. The Bertz CT molecular complexity index is 546. The van der Waals surface area contributed by atoms with Crippen molar-refractivity contribution in [3.05, 3.63) is 30.3 Å². The first-order chi connectivity index (χ1) is 12.2. The second-order valence-electron chi connectivity index (χ2n) is 6.20. The van der Waals surface area contributed by atoms with Gasteiger partial charge in [-0.05, 0) is 37.8 Å². The standard InChI is InChI=1S/C19H30N4O2.HI/c1-3-21-19(22-11-14-25-17-7-5-4-6-8-17)23-12-9-16(10-13-23)15-18(24)20-2;/h4-8,16H,3,9-15H2,1-2H3,(H,20,24)(H,21,22);1H. The lowest BCUT2D eigenvalue weighted by molar-refractivity contribution is -0.121. The van der Waals surface area contributed by atoms with Gasteiger partial charge < -0.3 is 20.3 Å². The van der Waals surface area contributed by atoms with E-state index in [9.17, 15) is 4.79 Å². The smallest absolute Gasteiger partial charge is 0.220 e. The fraction of sp³-hybridized carbons (Fsp3) is 0.579. The zero-order chi connectivity index (χ0) is 17.9. The second kappa shape index (κ2) is 12.8. The summed E-state index contributed by atoms with van der Waals surface area (Å²) in [5.74, 6) is 2.42. The average molecular weight is 474 g/mol. The fourth-order valence-corrected chi connectivity index (χ4v) is 2.97. The number of piperidine rings is 1. The van der Waals surface area contributed by atoms with E-state index >= 15 is 0 Å². The first kappa shape index (κ1) is 22.5. The van der Waals surface area contributed by atoms with Crippen LogP contribution < -0.4 is 15.4 Å². The van der Waals surface area contributed by atoms with Crippen molar-refractivity contribution < 1.29 is 9.53 Å². The van der Waals surface area contributed by atoms with Crippen molar-refractivity contribution in [1.29, 1.82) is 0 Å². The van der Waals surface area contributed by atoms with Crippen LogP contribution in [0.4, 0.5) is 0 Å². The number of rotatable bonds is 7. The summed E-state index contributed by atoms with van der Waals surface area (Å²) < 4.78 is 5.70. The lowest BCUT2D eigenvalue weighted by atomic mass is 9.93. The topological polar surface area (TPSA) is 66.0 Å². The highest BCUT2D eigenvalue weighted by atomic mass is 127. The van der Waals surface area contributed by atoms with E-state index < -0.39 is 0 Å². The monoisotopic (exact) mass is 474 g/mol. The number of hydrogen-bond acceptors (Lipinski definition) is 3. The van der Waals surface area contributed by atoms with Crippen molar-refractivity contribution in [2.45, 2.75) is 26.2 Å². The minimum Gasteiger partial charge on any atom is -0.492 e. The molecule has 0 saturated carbocycles. The predicted molar refractivity (Wildman–Crippen MR) is 116 cm³/mol. The molecule has 1 aliphatic rings. The van der Waals surface area contributed by atoms with Gasteiger partial charge in [-0.25, -0.2) is 4.99 Å². The Balaban J connectivity index is 0.00000338. The van der Waals surface area contributed by atoms with E-state index in [2.05, 4.69) is 27.4 Å². The molecule has 1 fully saturated rings. The van der Waals surface area contributed by atoms with Crippen molar-refractivity contribution in [3.63, 3.8) is 0 Å². The minimum absolute atomic E-state index is 0. The van der Waals surface area contributed by atoms with Gasteiger partial charge in [-0.2, -0.15) is 0 Å². The lowest BCUT2D eigenvalue weighted by Crippen LogP contribution is -2.46. The highest BCUT2D eigenvalue weighted by molar-refractivity contribution is 14.0. The van der Waals surface area contributed by atoms with Crippen molar-refractivity contribution in [1.82, 2.24) is 15.5 Å². The first-order valence-electron chi connectivity index (χ1n) is 9.14. The number of carbonyl (C=O) groups is 1. The molecule has 1 saturated heterocycles. The van der Waals surface area contributed by atoms with Gasteiger partial charge in [0.15, 0.2) is 5.96 Å². The molecule has 1 heterocycles. The summed E-state index contributed by atoms with van der Waals surface area (Å²) in [6, 6.07) is 9.80. The summed E-state index contributed by atoms with van der Waals surface area (Å²) in [5.41, 5.74) is 0. The highest BCUT2D eigenvalue weighted by Crippen LogP contribution is 2.20. The van der Waals surface area contributed by atoms with Crippen molar-refractivity contribution in [2.75, 3.05) is 39.8 Å². The van der Waals surface area contributed by atoms with E-state index in [-0.39, 0.29) is 29.9 Å². The Morgan fingerprint density at radius 2 is 1.96 bits per heavy atom. The summed E-state index contributed by atoms with van der Waals surface area (Å²) in [6.07, 6.45) is 2.68. The van der Waals surface area contributed by atoms with Crippen LogP contribution in [0.25, 0.3) is 0 Å². The summed E-state index contributed by atoms with van der Waals surface area (Å²) in [5, 5.41) is 6.07. The molecule has 0 bridgehead atoms. The molecular weight excluding hydrogens is 443 g/mol. The first-order valence-corrected chi connectivity index (χ1v) is 9.14. The zero-order valence-corrected chi connectivity index (χ0v) is 18.1. The third-order valence-corrected chi connectivity index (χ3v) is 4.37. The molecule has 1 aliphatic heterocycles. The van der Waals surface area contributed by atoms with Crippen LogP contribution in [0.5, 0.6) is 5.75 Å². The molecule has 2 N–H and O–H groups in total. The van der Waals surface area contributed by atoms with Crippen LogP contribution in [0.15, 0.2) is 35.3 Å². The number of para-hydroxylation sites is 1. The molecule has 0 aromatic heterocycles. The van der Waals surface area contributed by atoms with Gasteiger partial charge in [0, 0.05) is 33.1 Å². The Morgan fingerprint density at radius 3 is 2.58 bits per heavy atom. The van der Waals surface area contributed by atoms with Gasteiger partial charge in [0.2, 0.25) is 5.91 Å². The van der Waals surface area contributed by atoms with Crippen LogP contribution in [-0.2, 0) is 4.79 Å². The number of hydrogen-bond donors (Lipinski definition) is 2. The van der Waals surface area contributed by atoms with E-state index in [0.717, 1.165) is 44.2 Å². The molecule has 0 spiro atoms. The van der Waals surface area contributed by atoms with Gasteiger partial charge in [0.05, 0.1) is 6.54 Å². The SMILES string of the molecule is CCNC(=NCCOc1ccccc1)N1CCC(CC(=O)NC)CC1.I. The largest absolute Gasteiger partial charge is 0.492 e. The number of halogens is 1. The van der Waals surface area contributed by atoms with Gasteiger partial charge >= 0.3 is 0 Å². The maximum atomic E-state index is 11.5. The molecule has 7 heteroatoms. The summed E-state index contributed by atoms with van der Waals surface area (Å²) >= 11 is 0. The number of carbonyl (C=O) groups excluding carboxylic acids is 1. The van der Waals surface area contributed by atoms with Gasteiger partial charge in [-0.3, -0.25) is 4.79 Å². The van der Waals surface area contributed by atoms with E-state index in [1.165, 1.54) is 0 Å². The zero-order valence-electron chi connectivity index (χ0n) is 15.7. The number of guanidine groups is 1. The molecular formula is C19H31IN4O2. The third-order valence-electron chi connectivity index (χ3n) is 4.37. The molecule has 0 radical (unpaired) electrons. The molecule has 6 nitrogen and oxygen atoms in total. The van der Waals surface area contributed by atoms with Crippen LogP contribution in [0, 0.1) is 5.92 Å². The number of amides is 1. The molecule has 0 atom stereocenters. The van der Waals surface area contributed by atoms with Crippen LogP contribution >= 0.6 is 24.0 Å². The summed E-state index contributed by atoms with van der Waals surface area (Å²) in [4.78, 5) is 18.5. The normalized spacial score (nSPS) is 15.2. The van der Waals surface area contributed by atoms with Crippen molar-refractivity contribution in [3.8, 4) is 5.75 Å². The van der Waals surface area contributed by atoms with Crippen LogP contribution in [-0.4, -0.2) is 56.6 Å². The Hall–Kier alpha value is -1.51. The van der Waals surface area contributed by atoms with Gasteiger partial charge in [-0.15, -0.1) is 24.0 Å². The molecule has 2 rings (SSSR count). The summed E-state index contributed by atoms with van der Waals surface area (Å²) in [6.45, 7) is 5.98. The second-order valence-corrected chi connectivity index (χ2v) is 6.20. The molecule has 26 heavy (non-hydrogen) atoms. The highest BCUT2D eigenvalue weighted by Gasteiger charge is 2.22. The van der Waals surface area contributed by atoms with Crippen LogP contribution in [0.2, 0.25) is 0 Å². The van der Waals surface area contributed by atoms with E-state index in [1.807, 2.05) is 30.3 Å². The minimum atomic E-state index is 0. The van der Waals surface area contributed by atoms with E-state index in [1.54, 1.807) is 7.05 Å².